The van der Waals surface area contributed by atoms with Gasteiger partial charge in [-0.25, -0.2) is 4.98 Å². The van der Waals surface area contributed by atoms with Gasteiger partial charge in [0.25, 0.3) is 11.4 Å². The first-order valence-electron chi connectivity index (χ1n) is 6.97. The molecule has 8 nitrogen and oxygen atoms in total. The molecule has 114 valence electrons. The third-order valence-electron chi connectivity index (χ3n) is 3.55. The number of hydrogen-bond donors (Lipinski definition) is 0. The van der Waals surface area contributed by atoms with E-state index in [1.54, 1.807) is 36.1 Å². The van der Waals surface area contributed by atoms with Crippen LogP contribution in [0.2, 0.25) is 0 Å². The van der Waals surface area contributed by atoms with E-state index in [1.165, 1.54) is 10.9 Å². The van der Waals surface area contributed by atoms with Crippen LogP contribution >= 0.6 is 0 Å². The molecule has 0 saturated heterocycles. The van der Waals surface area contributed by atoms with Gasteiger partial charge in [0, 0.05) is 13.2 Å². The molecule has 0 amide bonds. The molecule has 3 heterocycles. The van der Waals surface area contributed by atoms with E-state index in [0.717, 1.165) is 0 Å². The molecule has 3 aromatic heterocycles. The molecule has 1 aromatic carbocycles. The Morgan fingerprint density at radius 3 is 2.91 bits per heavy atom. The molecule has 0 atom stereocenters. The van der Waals surface area contributed by atoms with Crippen molar-refractivity contribution in [1.29, 1.82) is 0 Å². The summed E-state index contributed by atoms with van der Waals surface area (Å²) < 4.78 is 8.33. The maximum absolute atomic E-state index is 12.4. The highest BCUT2D eigenvalue weighted by atomic mass is 16.5. The highest BCUT2D eigenvalue weighted by Gasteiger charge is 2.13. The van der Waals surface area contributed by atoms with Gasteiger partial charge >= 0.3 is 0 Å². The van der Waals surface area contributed by atoms with Crippen molar-refractivity contribution in [2.75, 3.05) is 0 Å². The van der Waals surface area contributed by atoms with E-state index in [2.05, 4.69) is 20.2 Å². The van der Waals surface area contributed by atoms with Gasteiger partial charge in [-0.05, 0) is 18.2 Å². The van der Waals surface area contributed by atoms with E-state index in [4.69, 9.17) is 4.52 Å². The van der Waals surface area contributed by atoms with Crippen molar-refractivity contribution in [3.63, 3.8) is 0 Å². The Morgan fingerprint density at radius 2 is 2.09 bits per heavy atom. The summed E-state index contributed by atoms with van der Waals surface area (Å²) in [7, 11) is 1.79. The van der Waals surface area contributed by atoms with Crippen molar-refractivity contribution in [3.8, 4) is 11.6 Å². The normalized spacial score (nSPS) is 11.2. The molecule has 0 fully saturated rings. The lowest BCUT2D eigenvalue weighted by Crippen LogP contribution is -2.21. The molecule has 0 aliphatic rings. The van der Waals surface area contributed by atoms with Crippen LogP contribution < -0.4 is 5.56 Å². The summed E-state index contributed by atoms with van der Waals surface area (Å²) in [6.07, 6.45) is 3.14. The smallest absolute Gasteiger partial charge is 0.276 e. The van der Waals surface area contributed by atoms with Crippen LogP contribution in [0.15, 0.2) is 52.2 Å². The lowest BCUT2D eigenvalue weighted by molar-refractivity contribution is 0.417. The SMILES string of the molecule is Cn1nccc1-c1nc(Cn2cnc3ccccc3c2=O)no1. The molecule has 0 saturated carbocycles. The van der Waals surface area contributed by atoms with Gasteiger partial charge in [0.05, 0.1) is 23.8 Å². The zero-order chi connectivity index (χ0) is 15.8. The molecule has 0 radical (unpaired) electrons. The molecular formula is C15H12N6O2. The van der Waals surface area contributed by atoms with Crippen molar-refractivity contribution in [3.05, 3.63) is 59.0 Å². The summed E-state index contributed by atoms with van der Waals surface area (Å²) >= 11 is 0. The average Bonchev–Trinajstić information content (AvgIpc) is 3.19. The molecule has 0 spiro atoms. The molecule has 23 heavy (non-hydrogen) atoms. The number of aryl methyl sites for hydroxylation is 1. The average molecular weight is 308 g/mol. The first-order valence-corrected chi connectivity index (χ1v) is 6.97. The monoisotopic (exact) mass is 308 g/mol. The van der Waals surface area contributed by atoms with Crippen molar-refractivity contribution in [2.24, 2.45) is 7.05 Å². The van der Waals surface area contributed by atoms with Crippen molar-refractivity contribution >= 4 is 10.9 Å². The molecule has 0 unspecified atom stereocenters. The Kier molecular flexibility index (Phi) is 3.00. The molecule has 0 aliphatic heterocycles. The number of fused-ring (bicyclic) bond motifs is 1. The van der Waals surface area contributed by atoms with Crippen LogP contribution in [0.25, 0.3) is 22.5 Å². The second-order valence-electron chi connectivity index (χ2n) is 5.05. The molecule has 0 N–H and O–H groups in total. The molecule has 4 rings (SSSR count). The van der Waals surface area contributed by atoms with Gasteiger partial charge in [0.2, 0.25) is 0 Å². The number of aromatic nitrogens is 6. The van der Waals surface area contributed by atoms with Gasteiger partial charge in [-0.1, -0.05) is 17.3 Å². The van der Waals surface area contributed by atoms with Gasteiger partial charge in [-0.15, -0.1) is 0 Å². The fourth-order valence-corrected chi connectivity index (χ4v) is 2.38. The standard InChI is InChI=1S/C15H12N6O2/c1-20-12(6-7-17-20)14-18-13(19-23-14)8-21-9-16-11-5-3-2-4-10(11)15(21)22/h2-7,9H,8H2,1H3. The Morgan fingerprint density at radius 1 is 1.22 bits per heavy atom. The van der Waals surface area contributed by atoms with Gasteiger partial charge in [-0.2, -0.15) is 10.1 Å². The van der Waals surface area contributed by atoms with Crippen LogP contribution in [0.4, 0.5) is 0 Å². The number of rotatable bonds is 3. The van der Waals surface area contributed by atoms with Crippen molar-refractivity contribution in [2.45, 2.75) is 6.54 Å². The summed E-state index contributed by atoms with van der Waals surface area (Å²) in [4.78, 5) is 21.0. The molecule has 8 heteroatoms. The van der Waals surface area contributed by atoms with Crippen LogP contribution in [-0.2, 0) is 13.6 Å². The maximum Gasteiger partial charge on any atom is 0.276 e. The number of hydrogen-bond acceptors (Lipinski definition) is 6. The summed E-state index contributed by atoms with van der Waals surface area (Å²) in [5, 5.41) is 8.53. The highest BCUT2D eigenvalue weighted by molar-refractivity contribution is 5.76. The van der Waals surface area contributed by atoms with Crippen LogP contribution in [0.1, 0.15) is 5.82 Å². The predicted molar refractivity (Wildman–Crippen MR) is 81.6 cm³/mol. The fraction of sp³-hybridized carbons (Fsp3) is 0.133. The Bertz CT molecular complexity index is 1050. The van der Waals surface area contributed by atoms with Gasteiger partial charge in [0.15, 0.2) is 5.82 Å². The minimum absolute atomic E-state index is 0.137. The van der Waals surface area contributed by atoms with Gasteiger partial charge in [-0.3, -0.25) is 14.0 Å². The Labute approximate surface area is 130 Å². The third-order valence-corrected chi connectivity index (χ3v) is 3.55. The molecular weight excluding hydrogens is 296 g/mol. The minimum atomic E-state index is -0.137. The van der Waals surface area contributed by atoms with E-state index in [0.29, 0.717) is 28.3 Å². The zero-order valence-electron chi connectivity index (χ0n) is 12.2. The topological polar surface area (TPSA) is 91.6 Å². The second kappa shape index (κ2) is 5.16. The molecule has 0 bridgehead atoms. The van der Waals surface area contributed by atoms with Crippen LogP contribution in [0, 0.1) is 0 Å². The molecule has 0 aliphatic carbocycles. The first-order chi connectivity index (χ1) is 11.2. The zero-order valence-corrected chi connectivity index (χ0v) is 12.2. The summed E-state index contributed by atoms with van der Waals surface area (Å²) in [5.74, 6) is 0.766. The molecule has 4 aromatic rings. The number of para-hydroxylation sites is 1. The fourth-order valence-electron chi connectivity index (χ4n) is 2.38. The van der Waals surface area contributed by atoms with Crippen LogP contribution in [0.3, 0.4) is 0 Å². The van der Waals surface area contributed by atoms with E-state index < -0.39 is 0 Å². The summed E-state index contributed by atoms with van der Waals surface area (Å²) in [6.45, 7) is 0.192. The second-order valence-corrected chi connectivity index (χ2v) is 5.05. The van der Waals surface area contributed by atoms with E-state index in [1.807, 2.05) is 12.1 Å². The quantitative estimate of drug-likeness (QED) is 0.565. The highest BCUT2D eigenvalue weighted by Crippen LogP contribution is 2.15. The van der Waals surface area contributed by atoms with Crippen molar-refractivity contribution < 1.29 is 4.52 Å². The van der Waals surface area contributed by atoms with E-state index in [-0.39, 0.29) is 12.1 Å². The Hall–Kier alpha value is -3.29. The lowest BCUT2D eigenvalue weighted by atomic mass is 10.2. The third kappa shape index (κ3) is 2.30. The van der Waals surface area contributed by atoms with E-state index >= 15 is 0 Å². The van der Waals surface area contributed by atoms with Crippen molar-refractivity contribution in [1.82, 2.24) is 29.5 Å². The minimum Gasteiger partial charge on any atom is -0.332 e. The van der Waals surface area contributed by atoms with E-state index in [9.17, 15) is 4.79 Å². The predicted octanol–water partition coefficient (Wildman–Crippen LogP) is 1.23. The first kappa shape index (κ1) is 13.4. The largest absolute Gasteiger partial charge is 0.332 e. The summed E-state index contributed by atoms with van der Waals surface area (Å²) in [6, 6.07) is 8.98. The van der Waals surface area contributed by atoms with Crippen LogP contribution in [0.5, 0.6) is 0 Å². The van der Waals surface area contributed by atoms with Gasteiger partial charge in [0.1, 0.15) is 5.69 Å². The summed E-state index contributed by atoms with van der Waals surface area (Å²) in [5.41, 5.74) is 1.24. The Balaban J connectivity index is 1.69. The number of nitrogens with zero attached hydrogens (tertiary/aromatic N) is 6. The van der Waals surface area contributed by atoms with Crippen LogP contribution in [-0.4, -0.2) is 29.5 Å². The lowest BCUT2D eigenvalue weighted by Gasteiger charge is -2.03. The maximum atomic E-state index is 12.4. The van der Waals surface area contributed by atoms with Gasteiger partial charge < -0.3 is 4.52 Å². The number of benzene rings is 1.